The van der Waals surface area contributed by atoms with Gasteiger partial charge in [0, 0.05) is 43.7 Å². The summed E-state index contributed by atoms with van der Waals surface area (Å²) in [5, 5.41) is 35.3. The van der Waals surface area contributed by atoms with Gasteiger partial charge < -0.3 is 19.5 Å². The van der Waals surface area contributed by atoms with E-state index in [1.807, 2.05) is 42.5 Å². The third-order valence-electron chi connectivity index (χ3n) is 10.0. The lowest BCUT2D eigenvalue weighted by Crippen LogP contribution is -2.37. The van der Waals surface area contributed by atoms with E-state index >= 15 is 0 Å². The Bertz CT molecular complexity index is 2250. The van der Waals surface area contributed by atoms with Gasteiger partial charge in [0.1, 0.15) is 0 Å². The molecule has 10 heteroatoms. The van der Waals surface area contributed by atoms with Gasteiger partial charge in [-0.2, -0.15) is 10.5 Å². The SMILES string of the molecule is Brc1ccc(CN2CCO[C@@H](c3ccccc3)C2)cc1.C.N#Cc1ccccc1-c1ccc(CN2CCO[C@@H](c3ccccc3)C2)cc1.N#Cc1ccccc1B(O)O. The molecule has 0 aromatic heterocycles. The van der Waals surface area contributed by atoms with Gasteiger partial charge in [-0.1, -0.05) is 157 Å². The molecule has 6 aromatic rings. The number of hydrogen-bond donors (Lipinski definition) is 2. The highest BCUT2D eigenvalue weighted by atomic mass is 79.9. The number of halogens is 1. The maximum atomic E-state index is 9.30. The van der Waals surface area contributed by atoms with Crippen molar-refractivity contribution in [2.24, 2.45) is 0 Å². The Morgan fingerprint density at radius 3 is 1.49 bits per heavy atom. The number of ether oxygens (including phenoxy) is 2. The first-order valence-corrected chi connectivity index (χ1v) is 20.2. The Hall–Kier alpha value is -5.40. The second-order valence-corrected chi connectivity index (χ2v) is 15.0. The maximum Gasteiger partial charge on any atom is 0.489 e. The van der Waals surface area contributed by atoms with E-state index in [9.17, 15) is 5.26 Å². The van der Waals surface area contributed by atoms with Crippen molar-refractivity contribution in [1.82, 2.24) is 9.80 Å². The number of hydrogen-bond acceptors (Lipinski definition) is 8. The van der Waals surface area contributed by atoms with Gasteiger partial charge >= 0.3 is 7.12 Å². The highest BCUT2D eigenvalue weighted by Gasteiger charge is 2.23. The third kappa shape index (κ3) is 13.3. The first kappa shape index (κ1) is 44.7. The van der Waals surface area contributed by atoms with Crippen molar-refractivity contribution in [3.8, 4) is 23.3 Å². The minimum atomic E-state index is -1.56. The lowest BCUT2D eigenvalue weighted by atomic mass is 9.77. The highest BCUT2D eigenvalue weighted by molar-refractivity contribution is 9.10. The molecule has 2 fully saturated rings. The van der Waals surface area contributed by atoms with Crippen LogP contribution in [0.2, 0.25) is 0 Å². The molecule has 6 aromatic carbocycles. The zero-order valence-corrected chi connectivity index (χ0v) is 33.9. The van der Waals surface area contributed by atoms with Crippen LogP contribution in [0.1, 0.15) is 53.0 Å². The number of nitriles is 2. The van der Waals surface area contributed by atoms with Crippen LogP contribution in [0.15, 0.2) is 162 Å². The van der Waals surface area contributed by atoms with E-state index in [0.29, 0.717) is 11.1 Å². The van der Waals surface area contributed by atoms with Crippen LogP contribution in [-0.4, -0.2) is 66.4 Å². The molecule has 8 nitrogen and oxygen atoms in total. The fourth-order valence-corrected chi connectivity index (χ4v) is 7.25. The molecule has 0 bridgehead atoms. The van der Waals surface area contributed by atoms with Crippen LogP contribution in [0.25, 0.3) is 11.1 Å². The lowest BCUT2D eigenvalue weighted by Gasteiger charge is -2.33. The first-order chi connectivity index (χ1) is 28.4. The maximum absolute atomic E-state index is 9.30. The molecule has 2 N–H and O–H groups in total. The molecule has 2 aliphatic heterocycles. The van der Waals surface area contributed by atoms with Gasteiger partial charge in [-0.15, -0.1) is 0 Å². The molecule has 0 amide bonds. The monoisotopic (exact) mass is 848 g/mol. The zero-order chi connectivity index (χ0) is 40.5. The van der Waals surface area contributed by atoms with Gasteiger partial charge in [-0.05, 0) is 63.1 Å². The summed E-state index contributed by atoms with van der Waals surface area (Å²) in [5.41, 5.74) is 8.46. The quantitative estimate of drug-likeness (QED) is 0.146. The smallest absolute Gasteiger partial charge is 0.423 e. The predicted molar refractivity (Wildman–Crippen MR) is 239 cm³/mol. The van der Waals surface area contributed by atoms with Gasteiger partial charge in [-0.25, -0.2) is 0 Å². The second kappa shape index (κ2) is 23.3. The summed E-state index contributed by atoms with van der Waals surface area (Å²) in [5.74, 6) is 0. The van der Waals surface area contributed by atoms with E-state index in [1.54, 1.807) is 12.1 Å². The van der Waals surface area contributed by atoms with E-state index in [4.69, 9.17) is 24.8 Å². The van der Waals surface area contributed by atoms with Crippen molar-refractivity contribution in [3.05, 3.63) is 196 Å². The molecular formula is C49H50BBrN4O4. The normalized spacial score (nSPS) is 16.4. The van der Waals surface area contributed by atoms with Crippen molar-refractivity contribution < 1.29 is 19.5 Å². The molecule has 0 unspecified atom stereocenters. The van der Waals surface area contributed by atoms with Crippen LogP contribution in [0.5, 0.6) is 0 Å². The average Bonchev–Trinajstić information content (AvgIpc) is 3.28. The summed E-state index contributed by atoms with van der Waals surface area (Å²) in [6.45, 7) is 7.26. The minimum absolute atomic E-state index is 0. The number of rotatable bonds is 8. The molecule has 2 heterocycles. The molecule has 2 aliphatic rings. The molecule has 0 spiro atoms. The predicted octanol–water partition coefficient (Wildman–Crippen LogP) is 8.70. The van der Waals surface area contributed by atoms with Crippen LogP contribution < -0.4 is 5.46 Å². The summed E-state index contributed by atoms with van der Waals surface area (Å²) < 4.78 is 13.0. The fraction of sp³-hybridized carbons (Fsp3) is 0.224. The molecule has 0 aliphatic carbocycles. The van der Waals surface area contributed by atoms with Gasteiger partial charge in [0.05, 0.1) is 48.7 Å². The molecule has 59 heavy (non-hydrogen) atoms. The Balaban J connectivity index is 0.000000182. The molecule has 2 atom stereocenters. The Morgan fingerprint density at radius 1 is 0.576 bits per heavy atom. The first-order valence-electron chi connectivity index (χ1n) is 19.4. The van der Waals surface area contributed by atoms with Crippen molar-refractivity contribution in [3.63, 3.8) is 0 Å². The Kier molecular flexibility index (Phi) is 17.6. The number of nitrogens with zero attached hydrogens (tertiary/aromatic N) is 4. The molecule has 0 saturated carbocycles. The number of benzene rings is 6. The highest BCUT2D eigenvalue weighted by Crippen LogP contribution is 2.27. The molecule has 300 valence electrons. The van der Waals surface area contributed by atoms with E-state index in [0.717, 1.165) is 68.1 Å². The summed E-state index contributed by atoms with van der Waals surface area (Å²) in [7, 11) is -1.56. The summed E-state index contributed by atoms with van der Waals surface area (Å²) >= 11 is 3.48. The molecule has 8 rings (SSSR count). The van der Waals surface area contributed by atoms with Crippen molar-refractivity contribution in [1.29, 1.82) is 10.5 Å². The molecular weight excluding hydrogens is 799 g/mol. The van der Waals surface area contributed by atoms with Gasteiger partial charge in [0.25, 0.3) is 0 Å². The van der Waals surface area contributed by atoms with Crippen LogP contribution in [0, 0.1) is 22.7 Å². The second-order valence-electron chi connectivity index (χ2n) is 14.1. The average molecular weight is 850 g/mol. The number of morpholine rings is 2. The van der Waals surface area contributed by atoms with Crippen molar-refractivity contribution >= 4 is 28.5 Å². The van der Waals surface area contributed by atoms with E-state index < -0.39 is 7.12 Å². The van der Waals surface area contributed by atoms with E-state index in [2.05, 4.69) is 129 Å². The van der Waals surface area contributed by atoms with Gasteiger partial charge in [0.15, 0.2) is 0 Å². The minimum Gasteiger partial charge on any atom is -0.423 e. The van der Waals surface area contributed by atoms with Crippen LogP contribution >= 0.6 is 15.9 Å². The summed E-state index contributed by atoms with van der Waals surface area (Å²) in [6.07, 6.45) is 0.335. The summed E-state index contributed by atoms with van der Waals surface area (Å²) in [6, 6.07) is 56.3. The van der Waals surface area contributed by atoms with Crippen molar-refractivity contribution in [2.75, 3.05) is 39.4 Å². The van der Waals surface area contributed by atoms with E-state index in [1.165, 1.54) is 34.4 Å². The van der Waals surface area contributed by atoms with Crippen LogP contribution in [-0.2, 0) is 22.6 Å². The Labute approximate surface area is 357 Å². The standard InChI is InChI=1S/C24H22N2O.C17H18BrNO.C7H6BNO2.CH4/c25-16-22-8-4-5-9-23(22)20-12-10-19(11-13-20)17-26-14-15-27-24(18-26)21-6-2-1-3-7-21;18-16-8-6-14(7-9-16)12-19-10-11-20-17(13-19)15-4-2-1-3-5-15;9-5-6-3-1-2-4-7(6)8(10)11;/h1-13,24H,14-15,17-18H2;1-9,17H,10-13H2;1-4,10-11H;1H4/t24-;17-;;/m11../s1. The molecule has 2 saturated heterocycles. The zero-order valence-electron chi connectivity index (χ0n) is 32.3. The topological polar surface area (TPSA) is 113 Å². The molecule has 0 radical (unpaired) electrons. The van der Waals surface area contributed by atoms with Gasteiger partial charge in [0.2, 0.25) is 0 Å². The Morgan fingerprint density at radius 2 is 1.02 bits per heavy atom. The summed E-state index contributed by atoms with van der Waals surface area (Å²) in [4.78, 5) is 4.91. The van der Waals surface area contributed by atoms with Gasteiger partial charge in [-0.3, -0.25) is 9.80 Å². The largest absolute Gasteiger partial charge is 0.489 e. The van der Waals surface area contributed by atoms with Crippen molar-refractivity contribution in [2.45, 2.75) is 32.7 Å². The van der Waals surface area contributed by atoms with Crippen LogP contribution in [0.4, 0.5) is 0 Å². The third-order valence-corrected chi connectivity index (χ3v) is 10.6. The fourth-order valence-electron chi connectivity index (χ4n) is 6.98. The lowest BCUT2D eigenvalue weighted by molar-refractivity contribution is -0.0330. The van der Waals surface area contributed by atoms with E-state index in [-0.39, 0.29) is 25.1 Å². The van der Waals surface area contributed by atoms with Crippen LogP contribution in [0.3, 0.4) is 0 Å².